The van der Waals surface area contributed by atoms with Crippen molar-refractivity contribution in [3.05, 3.63) is 12.2 Å². The fourth-order valence-electron chi connectivity index (χ4n) is 2.93. The summed E-state index contributed by atoms with van der Waals surface area (Å²) in [6, 6.07) is 0. The third-order valence-corrected chi connectivity index (χ3v) is 10.0. The van der Waals surface area contributed by atoms with Gasteiger partial charge in [-0.3, -0.25) is 0 Å². The number of aldehydes is 1. The van der Waals surface area contributed by atoms with Crippen molar-refractivity contribution >= 4 is 14.6 Å². The van der Waals surface area contributed by atoms with Gasteiger partial charge in [-0.05, 0) is 18.1 Å². The second kappa shape index (κ2) is 6.55. The van der Waals surface area contributed by atoms with Crippen molar-refractivity contribution < 1.29 is 18.7 Å². The predicted molar refractivity (Wildman–Crippen MR) is 89.1 cm³/mol. The molecule has 1 unspecified atom stereocenters. The minimum atomic E-state index is -1.77. The molecule has 0 aromatic heterocycles. The van der Waals surface area contributed by atoms with Crippen molar-refractivity contribution in [3.8, 4) is 0 Å². The Hall–Kier alpha value is -0.493. The Morgan fingerprint density at radius 2 is 2.00 bits per heavy atom. The maximum Gasteiger partial charge on any atom is 0.192 e. The van der Waals surface area contributed by atoms with Gasteiger partial charge in [0.05, 0.1) is 6.10 Å². The molecule has 1 fully saturated rings. The Labute approximate surface area is 135 Å². The Morgan fingerprint density at radius 3 is 2.55 bits per heavy atom. The molecular formula is C17H30O4Si. The lowest BCUT2D eigenvalue weighted by Gasteiger charge is -2.40. The second-order valence-corrected chi connectivity index (χ2v) is 12.8. The van der Waals surface area contributed by atoms with Crippen LogP contribution in [0.4, 0.5) is 0 Å². The summed E-state index contributed by atoms with van der Waals surface area (Å²) in [6.45, 7) is 11.9. The monoisotopic (exact) mass is 326 g/mol. The zero-order valence-electron chi connectivity index (χ0n) is 14.7. The lowest BCUT2D eigenvalue weighted by atomic mass is 9.83. The van der Waals surface area contributed by atoms with E-state index < -0.39 is 8.32 Å². The molecule has 22 heavy (non-hydrogen) atoms. The highest BCUT2D eigenvalue weighted by atomic mass is 28.4. The first-order chi connectivity index (χ1) is 10.2. The van der Waals surface area contributed by atoms with Gasteiger partial charge in [-0.2, -0.15) is 0 Å². The third-order valence-electron chi connectivity index (χ3n) is 5.53. The van der Waals surface area contributed by atoms with Crippen molar-refractivity contribution in [2.24, 2.45) is 17.8 Å². The smallest absolute Gasteiger partial charge is 0.192 e. The first-order valence-electron chi connectivity index (χ1n) is 8.15. The lowest BCUT2D eigenvalue weighted by molar-refractivity contribution is -0.211. The summed E-state index contributed by atoms with van der Waals surface area (Å²) in [5.74, 6) is 0.356. The minimum Gasteiger partial charge on any atom is -0.416 e. The van der Waals surface area contributed by atoms with Gasteiger partial charge < -0.3 is 18.7 Å². The molecule has 0 saturated carbocycles. The van der Waals surface area contributed by atoms with Crippen molar-refractivity contribution in [1.29, 1.82) is 0 Å². The molecule has 1 heterocycles. The zero-order valence-corrected chi connectivity index (χ0v) is 15.7. The molecule has 1 saturated heterocycles. The topological polar surface area (TPSA) is 44.8 Å². The van der Waals surface area contributed by atoms with Crippen LogP contribution in [-0.4, -0.2) is 40.7 Å². The maximum absolute atomic E-state index is 11.3. The van der Waals surface area contributed by atoms with Gasteiger partial charge in [-0.25, -0.2) is 0 Å². The van der Waals surface area contributed by atoms with Gasteiger partial charge in [0.25, 0.3) is 0 Å². The molecule has 126 valence electrons. The highest BCUT2D eigenvalue weighted by Gasteiger charge is 2.45. The first kappa shape index (κ1) is 17.9. The van der Waals surface area contributed by atoms with E-state index in [1.807, 2.05) is 0 Å². The average molecular weight is 327 g/mol. The van der Waals surface area contributed by atoms with Crippen LogP contribution in [0.3, 0.4) is 0 Å². The lowest BCUT2D eigenvalue weighted by Crippen LogP contribution is -2.46. The summed E-state index contributed by atoms with van der Waals surface area (Å²) in [6.07, 6.45) is 5.70. The van der Waals surface area contributed by atoms with Crippen LogP contribution >= 0.6 is 0 Å². The number of fused-ring (bicyclic) bond motifs is 1. The molecule has 1 aliphatic carbocycles. The summed E-state index contributed by atoms with van der Waals surface area (Å²) in [5, 5.41) is 0.197. The molecule has 5 heteroatoms. The second-order valence-electron chi connectivity index (χ2n) is 8.00. The van der Waals surface area contributed by atoms with E-state index in [0.717, 1.165) is 6.29 Å². The highest BCUT2D eigenvalue weighted by Crippen LogP contribution is 2.41. The van der Waals surface area contributed by atoms with E-state index in [9.17, 15) is 4.79 Å². The Morgan fingerprint density at radius 1 is 1.32 bits per heavy atom. The molecule has 0 amide bonds. The van der Waals surface area contributed by atoms with Crippen LogP contribution in [0.25, 0.3) is 0 Å². The Kier molecular flexibility index (Phi) is 5.32. The van der Waals surface area contributed by atoms with Crippen molar-refractivity contribution in [3.63, 3.8) is 0 Å². The van der Waals surface area contributed by atoms with Crippen LogP contribution in [0, 0.1) is 17.8 Å². The van der Waals surface area contributed by atoms with Crippen LogP contribution in [0.2, 0.25) is 18.1 Å². The molecule has 4 nitrogen and oxygen atoms in total. The normalized spacial score (nSPS) is 35.5. The molecule has 0 bridgehead atoms. The average Bonchev–Trinajstić information content (AvgIpc) is 2.86. The van der Waals surface area contributed by atoms with E-state index in [1.54, 1.807) is 7.11 Å². The molecule has 1 aliphatic heterocycles. The molecule has 0 spiro atoms. The van der Waals surface area contributed by atoms with E-state index in [2.05, 4.69) is 46.0 Å². The van der Waals surface area contributed by atoms with Gasteiger partial charge in [0.2, 0.25) is 0 Å². The number of carbonyl (C=O) groups is 1. The Balaban J connectivity index is 2.02. The van der Waals surface area contributed by atoms with Crippen LogP contribution < -0.4 is 0 Å². The summed E-state index contributed by atoms with van der Waals surface area (Å²) in [4.78, 5) is 11.3. The zero-order chi connectivity index (χ0) is 16.5. The summed E-state index contributed by atoms with van der Waals surface area (Å²) in [7, 11) is -0.135. The van der Waals surface area contributed by atoms with Crippen LogP contribution in [0.1, 0.15) is 27.2 Å². The summed E-state index contributed by atoms with van der Waals surface area (Å²) >= 11 is 0. The van der Waals surface area contributed by atoms with E-state index in [1.165, 1.54) is 0 Å². The van der Waals surface area contributed by atoms with Gasteiger partial charge in [-0.15, -0.1) is 0 Å². The van der Waals surface area contributed by atoms with Gasteiger partial charge >= 0.3 is 0 Å². The third kappa shape index (κ3) is 3.53. The molecule has 2 aliphatic rings. The van der Waals surface area contributed by atoms with Gasteiger partial charge in [-0.1, -0.05) is 32.9 Å². The highest BCUT2D eigenvalue weighted by molar-refractivity contribution is 6.74. The molecule has 5 atom stereocenters. The summed E-state index contributed by atoms with van der Waals surface area (Å²) < 4.78 is 17.7. The van der Waals surface area contributed by atoms with Gasteiger partial charge in [0, 0.05) is 37.9 Å². The number of carbonyl (C=O) groups excluding carboxylic acids is 1. The first-order valence-corrected chi connectivity index (χ1v) is 11.1. The number of hydrogen-bond donors (Lipinski definition) is 0. The molecule has 0 radical (unpaired) electrons. The van der Waals surface area contributed by atoms with Crippen LogP contribution in [0.5, 0.6) is 0 Å². The molecular weight excluding hydrogens is 296 g/mol. The minimum absolute atomic E-state index is 0.00123. The molecule has 0 aromatic rings. The number of rotatable bonds is 5. The van der Waals surface area contributed by atoms with Crippen LogP contribution in [0.15, 0.2) is 12.2 Å². The summed E-state index contributed by atoms with van der Waals surface area (Å²) in [5.41, 5.74) is 0. The van der Waals surface area contributed by atoms with Crippen molar-refractivity contribution in [2.45, 2.75) is 57.7 Å². The number of hydrogen-bond acceptors (Lipinski definition) is 4. The molecule has 2 rings (SSSR count). The van der Waals surface area contributed by atoms with E-state index in [0.29, 0.717) is 13.0 Å². The number of ether oxygens (including phenoxy) is 2. The quantitative estimate of drug-likeness (QED) is 0.441. The van der Waals surface area contributed by atoms with Crippen LogP contribution in [-0.2, 0) is 18.7 Å². The van der Waals surface area contributed by atoms with E-state index in [-0.39, 0.29) is 35.2 Å². The largest absolute Gasteiger partial charge is 0.416 e. The number of methoxy groups -OCH3 is 1. The van der Waals surface area contributed by atoms with E-state index in [4.69, 9.17) is 13.9 Å². The van der Waals surface area contributed by atoms with Crippen molar-refractivity contribution in [2.75, 3.05) is 13.7 Å². The standard InChI is InChI=1S/C17H30O4Si/c1-17(2,3)22(5,6)20-11-12-7-8-14-13(10-18)9-15(19-4)21-16(12)14/h7-8,10,12-16H,9,11H2,1-6H3/t12-,13-,14+,15?,16-/m1/s1. The SMILES string of the molecule is COC1C[C@H](C=O)[C@@H]2C=C[C@H](CO[Si](C)(C)C(C)(C)C)[C@H]2O1. The Bertz CT molecular complexity index is 427. The van der Waals surface area contributed by atoms with Crippen molar-refractivity contribution in [1.82, 2.24) is 0 Å². The molecule has 0 N–H and O–H groups in total. The van der Waals surface area contributed by atoms with E-state index >= 15 is 0 Å². The van der Waals surface area contributed by atoms with Gasteiger partial charge in [0.1, 0.15) is 6.29 Å². The predicted octanol–water partition coefficient (Wildman–Crippen LogP) is 3.39. The molecule has 0 aromatic carbocycles. The fourth-order valence-corrected chi connectivity index (χ4v) is 3.98. The van der Waals surface area contributed by atoms with Gasteiger partial charge in [0.15, 0.2) is 14.6 Å². The maximum atomic E-state index is 11.3. The fraction of sp³-hybridized carbons (Fsp3) is 0.824.